The molecule has 27 heavy (non-hydrogen) atoms. The molecule has 2 aromatic rings. The predicted octanol–water partition coefficient (Wildman–Crippen LogP) is 1.16. The van der Waals surface area contributed by atoms with Gasteiger partial charge in [-0.2, -0.15) is 4.39 Å². The van der Waals surface area contributed by atoms with Crippen molar-refractivity contribution in [1.29, 1.82) is 0 Å². The molecule has 1 heterocycles. The fourth-order valence-corrected chi connectivity index (χ4v) is 2.29. The van der Waals surface area contributed by atoms with Crippen LogP contribution >= 0.6 is 0 Å². The maximum atomic E-state index is 13.3. The van der Waals surface area contributed by atoms with E-state index in [-0.39, 0.29) is 5.69 Å². The number of primary sulfonamides is 1. The Hall–Kier alpha value is -3.32. The molecule has 0 spiro atoms. The van der Waals surface area contributed by atoms with Gasteiger partial charge < -0.3 is 14.5 Å². The summed E-state index contributed by atoms with van der Waals surface area (Å²) in [7, 11) is -4.16. The van der Waals surface area contributed by atoms with Gasteiger partial charge in [-0.1, -0.05) is 0 Å². The minimum absolute atomic E-state index is 0.0921. The summed E-state index contributed by atoms with van der Waals surface area (Å²) < 4.78 is 45.0. The molecule has 1 amide bonds. The Morgan fingerprint density at radius 1 is 1.33 bits per heavy atom. The second-order valence-electron chi connectivity index (χ2n) is 5.12. The Morgan fingerprint density at radius 2 is 2.00 bits per heavy atom. The van der Waals surface area contributed by atoms with E-state index in [2.05, 4.69) is 5.32 Å². The number of nitro groups is 1. The summed E-state index contributed by atoms with van der Waals surface area (Å²) in [6.07, 6.45) is -1.38. The van der Waals surface area contributed by atoms with E-state index in [0.29, 0.717) is 0 Å². The normalized spacial score (nSPS) is 12.3. The molecule has 1 unspecified atom stereocenters. The Balaban J connectivity index is 2.05. The maximum Gasteiger partial charge on any atom is 0.375 e. The highest BCUT2D eigenvalue weighted by atomic mass is 32.2. The van der Waals surface area contributed by atoms with Crippen LogP contribution in [0, 0.1) is 15.9 Å². The highest BCUT2D eigenvalue weighted by molar-refractivity contribution is 7.89. The van der Waals surface area contributed by atoms with Crippen LogP contribution in [0.1, 0.15) is 17.5 Å². The predicted molar refractivity (Wildman–Crippen MR) is 86.6 cm³/mol. The number of nitrogens with zero attached hydrogens (tertiary/aromatic N) is 1. The van der Waals surface area contributed by atoms with E-state index in [4.69, 9.17) is 14.3 Å². The fourth-order valence-electron chi connectivity index (χ4n) is 1.83. The molecule has 2 rings (SSSR count). The van der Waals surface area contributed by atoms with Crippen molar-refractivity contribution in [1.82, 2.24) is 0 Å². The van der Waals surface area contributed by atoms with E-state index in [0.717, 1.165) is 30.3 Å². The number of carbonyl (C=O) groups excluding carboxylic acids is 2. The molecule has 13 heteroatoms. The zero-order valence-electron chi connectivity index (χ0n) is 13.5. The first kappa shape index (κ1) is 20.0. The van der Waals surface area contributed by atoms with Gasteiger partial charge in [0, 0.05) is 11.8 Å². The van der Waals surface area contributed by atoms with Crippen LogP contribution in [0.15, 0.2) is 39.8 Å². The van der Waals surface area contributed by atoms with Crippen molar-refractivity contribution in [3.63, 3.8) is 0 Å². The zero-order valence-corrected chi connectivity index (χ0v) is 14.4. The second kappa shape index (κ2) is 7.51. The van der Waals surface area contributed by atoms with Crippen molar-refractivity contribution >= 4 is 33.3 Å². The number of furan rings is 1. The number of halogens is 1. The highest BCUT2D eigenvalue weighted by Crippen LogP contribution is 2.22. The van der Waals surface area contributed by atoms with Gasteiger partial charge in [0.1, 0.15) is 0 Å². The molecule has 144 valence electrons. The van der Waals surface area contributed by atoms with Gasteiger partial charge >= 0.3 is 11.7 Å². The lowest BCUT2D eigenvalue weighted by atomic mass is 10.2. The number of amides is 1. The standard InChI is InChI=1S/C14H12FN3O8S/c1-7(25-14(20)11-4-5-12(26-11)27(16,23)24)13(19)17-8-2-3-9(15)10(6-8)18(21)22/h2-7H,1H3,(H,17,19)(H2,16,23,24). The highest BCUT2D eigenvalue weighted by Gasteiger charge is 2.24. The third kappa shape index (κ3) is 4.86. The van der Waals surface area contributed by atoms with Crippen LogP contribution in [0.5, 0.6) is 0 Å². The Labute approximate surface area is 151 Å². The van der Waals surface area contributed by atoms with Gasteiger partial charge in [-0.05, 0) is 31.2 Å². The molecule has 0 saturated heterocycles. The lowest BCUT2D eigenvalue weighted by Crippen LogP contribution is -2.30. The number of benzene rings is 1. The third-order valence-corrected chi connectivity index (χ3v) is 3.91. The lowest BCUT2D eigenvalue weighted by molar-refractivity contribution is -0.387. The summed E-state index contributed by atoms with van der Waals surface area (Å²) in [5, 5.41) is 17.1. The monoisotopic (exact) mass is 401 g/mol. The van der Waals surface area contributed by atoms with Crippen molar-refractivity contribution < 1.29 is 36.5 Å². The number of esters is 1. The van der Waals surface area contributed by atoms with Crippen molar-refractivity contribution in [3.8, 4) is 0 Å². The van der Waals surface area contributed by atoms with E-state index in [1.165, 1.54) is 6.92 Å². The van der Waals surface area contributed by atoms with Crippen LogP contribution in [-0.2, 0) is 19.6 Å². The number of rotatable bonds is 6. The molecule has 11 nitrogen and oxygen atoms in total. The molecule has 0 aliphatic carbocycles. The van der Waals surface area contributed by atoms with Crippen molar-refractivity contribution in [2.24, 2.45) is 5.14 Å². The largest absolute Gasteiger partial charge is 0.447 e. The minimum atomic E-state index is -4.16. The van der Waals surface area contributed by atoms with Gasteiger partial charge in [-0.15, -0.1) is 0 Å². The van der Waals surface area contributed by atoms with Crippen molar-refractivity contribution in [3.05, 3.63) is 52.0 Å². The number of hydrogen-bond donors (Lipinski definition) is 2. The number of sulfonamides is 1. The molecule has 0 radical (unpaired) electrons. The number of nitro benzene ring substituents is 1. The summed E-state index contributed by atoms with van der Waals surface area (Å²) in [5.74, 6) is -3.60. The SMILES string of the molecule is CC(OC(=O)c1ccc(S(N)(=O)=O)o1)C(=O)Nc1ccc(F)c([N+](=O)[O-])c1. The summed E-state index contributed by atoms with van der Waals surface area (Å²) >= 11 is 0. The van der Waals surface area contributed by atoms with E-state index in [1.807, 2.05) is 0 Å². The summed E-state index contributed by atoms with van der Waals surface area (Å²) in [6, 6.07) is 4.61. The molecule has 0 aliphatic heterocycles. The van der Waals surface area contributed by atoms with Crippen LogP contribution in [-0.4, -0.2) is 31.3 Å². The molecular formula is C14H12FN3O8S. The third-order valence-electron chi connectivity index (χ3n) is 3.13. The van der Waals surface area contributed by atoms with Crippen molar-refractivity contribution in [2.75, 3.05) is 5.32 Å². The Morgan fingerprint density at radius 3 is 2.56 bits per heavy atom. The summed E-state index contributed by atoms with van der Waals surface area (Å²) in [4.78, 5) is 33.6. The molecule has 0 bridgehead atoms. The Kier molecular flexibility index (Phi) is 5.56. The minimum Gasteiger partial charge on any atom is -0.447 e. The van der Waals surface area contributed by atoms with Gasteiger partial charge in [-0.25, -0.2) is 18.4 Å². The number of carbonyl (C=O) groups is 2. The number of nitrogens with one attached hydrogen (secondary N) is 1. The second-order valence-corrected chi connectivity index (χ2v) is 6.62. The molecule has 1 atom stereocenters. The van der Waals surface area contributed by atoms with Gasteiger partial charge in [-0.3, -0.25) is 14.9 Å². The first-order valence-corrected chi connectivity index (χ1v) is 8.62. The fraction of sp³-hybridized carbons (Fsp3) is 0.143. The topological polar surface area (TPSA) is 172 Å². The van der Waals surface area contributed by atoms with Gasteiger partial charge in [0.25, 0.3) is 15.9 Å². The van der Waals surface area contributed by atoms with E-state index in [9.17, 15) is 32.5 Å². The van der Waals surface area contributed by atoms with Gasteiger partial charge in [0.2, 0.25) is 16.7 Å². The van der Waals surface area contributed by atoms with Gasteiger partial charge in [0.15, 0.2) is 6.10 Å². The lowest BCUT2D eigenvalue weighted by Gasteiger charge is -2.12. The molecular weight excluding hydrogens is 389 g/mol. The van der Waals surface area contributed by atoms with E-state index < -0.39 is 55.3 Å². The Bertz CT molecular complexity index is 1020. The van der Waals surface area contributed by atoms with Crippen LogP contribution in [0.3, 0.4) is 0 Å². The zero-order chi connectivity index (χ0) is 20.4. The van der Waals surface area contributed by atoms with Crippen LogP contribution < -0.4 is 10.5 Å². The van der Waals surface area contributed by atoms with Crippen LogP contribution in [0.2, 0.25) is 0 Å². The number of hydrogen-bond acceptors (Lipinski definition) is 8. The molecule has 1 aromatic heterocycles. The molecule has 0 saturated carbocycles. The first-order chi connectivity index (χ1) is 12.5. The number of ether oxygens (including phenoxy) is 1. The van der Waals surface area contributed by atoms with E-state index >= 15 is 0 Å². The molecule has 0 fully saturated rings. The van der Waals surface area contributed by atoms with Gasteiger partial charge in [0.05, 0.1) is 4.92 Å². The maximum absolute atomic E-state index is 13.3. The smallest absolute Gasteiger partial charge is 0.375 e. The molecule has 0 aliphatic rings. The number of anilines is 1. The summed E-state index contributed by atoms with van der Waals surface area (Å²) in [5.41, 5.74) is -0.936. The summed E-state index contributed by atoms with van der Waals surface area (Å²) in [6.45, 7) is 1.19. The van der Waals surface area contributed by atoms with Crippen molar-refractivity contribution in [2.45, 2.75) is 18.1 Å². The molecule has 3 N–H and O–H groups in total. The first-order valence-electron chi connectivity index (χ1n) is 7.07. The number of nitrogens with two attached hydrogens (primary N) is 1. The van der Waals surface area contributed by atoms with Crippen LogP contribution in [0.4, 0.5) is 15.8 Å². The average Bonchev–Trinajstić information content (AvgIpc) is 3.06. The van der Waals surface area contributed by atoms with E-state index in [1.54, 1.807) is 0 Å². The quantitative estimate of drug-likeness (QED) is 0.412. The molecule has 1 aromatic carbocycles. The van der Waals surface area contributed by atoms with Crippen LogP contribution in [0.25, 0.3) is 0 Å². The average molecular weight is 401 g/mol.